The van der Waals surface area contributed by atoms with Crippen LogP contribution in [0.5, 0.6) is 0 Å². The largest absolute Gasteiger partial charge is 0.460 e. The number of nitrogens with two attached hydrogens (primary N) is 1. The van der Waals surface area contributed by atoms with Gasteiger partial charge in [-0.25, -0.2) is 0 Å². The minimum absolute atomic E-state index is 0.0335. The van der Waals surface area contributed by atoms with E-state index in [1.165, 1.54) is 12.1 Å². The summed E-state index contributed by atoms with van der Waals surface area (Å²) in [6, 6.07) is 8.09. The Bertz CT molecular complexity index is 566. The first-order chi connectivity index (χ1) is 8.11. The molecule has 17 heavy (non-hydrogen) atoms. The number of nitrogens with zero attached hydrogens (tertiary/aromatic N) is 1. The highest BCUT2D eigenvalue weighted by atomic mass is 79.9. The van der Waals surface area contributed by atoms with Crippen molar-refractivity contribution in [2.75, 3.05) is 0 Å². The maximum Gasteiger partial charge on any atom is 0.270 e. The van der Waals surface area contributed by atoms with Gasteiger partial charge in [0.25, 0.3) is 5.69 Å². The molecule has 0 aliphatic carbocycles. The van der Waals surface area contributed by atoms with E-state index in [1.807, 2.05) is 0 Å². The monoisotopic (exact) mass is 296 g/mol. The first kappa shape index (κ1) is 11.8. The lowest BCUT2D eigenvalue weighted by Crippen LogP contribution is -1.92. The van der Waals surface area contributed by atoms with Crippen LogP contribution in [0.2, 0.25) is 0 Å². The van der Waals surface area contributed by atoms with E-state index in [0.29, 0.717) is 22.5 Å². The van der Waals surface area contributed by atoms with Crippen LogP contribution in [0.4, 0.5) is 5.69 Å². The Hall–Kier alpha value is -1.66. The molecule has 0 amide bonds. The quantitative estimate of drug-likeness (QED) is 0.697. The Labute approximate surface area is 106 Å². The van der Waals surface area contributed by atoms with Crippen molar-refractivity contribution in [1.82, 2.24) is 0 Å². The van der Waals surface area contributed by atoms with E-state index in [0.717, 1.165) is 5.56 Å². The third-order valence-corrected chi connectivity index (χ3v) is 2.95. The Kier molecular flexibility index (Phi) is 3.26. The predicted molar refractivity (Wildman–Crippen MR) is 66.4 cm³/mol. The lowest BCUT2D eigenvalue weighted by molar-refractivity contribution is -0.384. The molecule has 0 spiro atoms. The fourth-order valence-electron chi connectivity index (χ4n) is 1.45. The second-order valence-electron chi connectivity index (χ2n) is 3.39. The number of rotatable bonds is 3. The van der Waals surface area contributed by atoms with Crippen molar-refractivity contribution in [2.24, 2.45) is 5.73 Å². The molecule has 0 aliphatic rings. The zero-order valence-corrected chi connectivity index (χ0v) is 10.3. The fourth-order valence-corrected chi connectivity index (χ4v) is 2.01. The van der Waals surface area contributed by atoms with Gasteiger partial charge in [-0.15, -0.1) is 0 Å². The van der Waals surface area contributed by atoms with Crippen LogP contribution < -0.4 is 5.73 Å². The maximum atomic E-state index is 10.6. The molecule has 1 aromatic carbocycles. The molecule has 5 nitrogen and oxygen atoms in total. The molecule has 0 aliphatic heterocycles. The summed E-state index contributed by atoms with van der Waals surface area (Å²) in [5.41, 5.74) is 6.24. The standard InChI is InChI=1S/C11H9BrN2O3/c12-10-5-7(14(15)16)1-3-9(10)11-4-2-8(6-13)17-11/h1-5H,6,13H2. The molecular formula is C11H9BrN2O3. The summed E-state index contributed by atoms with van der Waals surface area (Å²) >= 11 is 3.29. The van der Waals surface area contributed by atoms with E-state index in [-0.39, 0.29) is 5.69 Å². The normalized spacial score (nSPS) is 10.5. The van der Waals surface area contributed by atoms with Gasteiger partial charge in [0, 0.05) is 22.2 Å². The third kappa shape index (κ3) is 2.37. The summed E-state index contributed by atoms with van der Waals surface area (Å²) < 4.78 is 6.09. The topological polar surface area (TPSA) is 82.3 Å². The molecule has 2 rings (SSSR count). The predicted octanol–water partition coefficient (Wildman–Crippen LogP) is 3.08. The average Bonchev–Trinajstić information content (AvgIpc) is 2.77. The Balaban J connectivity index is 2.42. The molecule has 0 atom stereocenters. The summed E-state index contributed by atoms with van der Waals surface area (Å²) in [4.78, 5) is 10.2. The van der Waals surface area contributed by atoms with Gasteiger partial charge in [-0.1, -0.05) is 0 Å². The summed E-state index contributed by atoms with van der Waals surface area (Å²) in [6.45, 7) is 0.324. The van der Waals surface area contributed by atoms with Crippen LogP contribution in [0.1, 0.15) is 5.76 Å². The highest BCUT2D eigenvalue weighted by Crippen LogP contribution is 2.32. The second kappa shape index (κ2) is 4.68. The minimum Gasteiger partial charge on any atom is -0.460 e. The smallest absolute Gasteiger partial charge is 0.270 e. The number of nitro benzene ring substituents is 1. The van der Waals surface area contributed by atoms with Gasteiger partial charge in [-0.3, -0.25) is 10.1 Å². The van der Waals surface area contributed by atoms with E-state index >= 15 is 0 Å². The molecule has 0 unspecified atom stereocenters. The molecule has 1 heterocycles. The molecule has 0 radical (unpaired) electrons. The molecule has 1 aromatic heterocycles. The van der Waals surface area contributed by atoms with Crippen molar-refractivity contribution in [1.29, 1.82) is 0 Å². The number of furan rings is 1. The second-order valence-corrected chi connectivity index (χ2v) is 4.25. The van der Waals surface area contributed by atoms with Crippen LogP contribution in [-0.2, 0) is 6.54 Å². The molecular weight excluding hydrogens is 288 g/mol. The zero-order valence-electron chi connectivity index (χ0n) is 8.72. The van der Waals surface area contributed by atoms with Crippen LogP contribution in [-0.4, -0.2) is 4.92 Å². The van der Waals surface area contributed by atoms with Crippen molar-refractivity contribution in [3.8, 4) is 11.3 Å². The number of hydrogen-bond donors (Lipinski definition) is 1. The van der Waals surface area contributed by atoms with E-state index in [2.05, 4.69) is 15.9 Å². The first-order valence-electron chi connectivity index (χ1n) is 4.85. The number of nitro groups is 1. The van der Waals surface area contributed by atoms with Gasteiger partial charge in [0.15, 0.2) is 0 Å². The fraction of sp³-hybridized carbons (Fsp3) is 0.0909. The summed E-state index contributed by atoms with van der Waals surface area (Å²) in [5, 5.41) is 10.6. The lowest BCUT2D eigenvalue weighted by atomic mass is 10.1. The molecule has 2 aromatic rings. The van der Waals surface area contributed by atoms with Crippen molar-refractivity contribution in [3.63, 3.8) is 0 Å². The van der Waals surface area contributed by atoms with Crippen molar-refractivity contribution < 1.29 is 9.34 Å². The molecule has 2 N–H and O–H groups in total. The van der Waals surface area contributed by atoms with Crippen molar-refractivity contribution in [3.05, 3.63) is 50.7 Å². The molecule has 0 saturated carbocycles. The zero-order chi connectivity index (χ0) is 12.4. The van der Waals surface area contributed by atoms with Gasteiger partial charge in [-0.2, -0.15) is 0 Å². The molecule has 0 fully saturated rings. The van der Waals surface area contributed by atoms with E-state index in [1.54, 1.807) is 18.2 Å². The Morgan fingerprint density at radius 2 is 2.12 bits per heavy atom. The Morgan fingerprint density at radius 1 is 1.35 bits per heavy atom. The van der Waals surface area contributed by atoms with Gasteiger partial charge in [-0.05, 0) is 34.1 Å². The molecule has 6 heteroatoms. The molecule has 88 valence electrons. The summed E-state index contributed by atoms with van der Waals surface area (Å²) in [6.07, 6.45) is 0. The van der Waals surface area contributed by atoms with Crippen LogP contribution >= 0.6 is 15.9 Å². The van der Waals surface area contributed by atoms with Gasteiger partial charge >= 0.3 is 0 Å². The highest BCUT2D eigenvalue weighted by Gasteiger charge is 2.12. The van der Waals surface area contributed by atoms with Crippen LogP contribution in [0, 0.1) is 10.1 Å². The molecule has 0 bridgehead atoms. The van der Waals surface area contributed by atoms with Gasteiger partial charge < -0.3 is 10.2 Å². The van der Waals surface area contributed by atoms with Gasteiger partial charge in [0.2, 0.25) is 0 Å². The number of hydrogen-bond acceptors (Lipinski definition) is 4. The van der Waals surface area contributed by atoms with Crippen LogP contribution in [0.15, 0.2) is 39.2 Å². The van der Waals surface area contributed by atoms with E-state index < -0.39 is 4.92 Å². The summed E-state index contributed by atoms with van der Waals surface area (Å²) in [7, 11) is 0. The lowest BCUT2D eigenvalue weighted by Gasteiger charge is -2.00. The maximum absolute atomic E-state index is 10.6. The Morgan fingerprint density at radius 3 is 2.65 bits per heavy atom. The van der Waals surface area contributed by atoms with E-state index in [4.69, 9.17) is 10.2 Å². The number of benzene rings is 1. The number of halogens is 1. The van der Waals surface area contributed by atoms with Crippen LogP contribution in [0.25, 0.3) is 11.3 Å². The first-order valence-corrected chi connectivity index (χ1v) is 5.64. The molecule has 0 saturated heterocycles. The van der Waals surface area contributed by atoms with Gasteiger partial charge in [0.1, 0.15) is 11.5 Å². The highest BCUT2D eigenvalue weighted by molar-refractivity contribution is 9.10. The minimum atomic E-state index is -0.442. The summed E-state index contributed by atoms with van der Waals surface area (Å²) in [5.74, 6) is 1.30. The SMILES string of the molecule is NCc1ccc(-c2ccc([N+](=O)[O-])cc2Br)o1. The van der Waals surface area contributed by atoms with Crippen molar-refractivity contribution in [2.45, 2.75) is 6.54 Å². The van der Waals surface area contributed by atoms with Crippen LogP contribution in [0.3, 0.4) is 0 Å². The average molecular weight is 297 g/mol. The van der Waals surface area contributed by atoms with E-state index in [9.17, 15) is 10.1 Å². The van der Waals surface area contributed by atoms with Gasteiger partial charge in [0.05, 0.1) is 11.5 Å². The van der Waals surface area contributed by atoms with Crippen molar-refractivity contribution >= 4 is 21.6 Å². The third-order valence-electron chi connectivity index (χ3n) is 2.29. The number of non-ortho nitro benzene ring substituents is 1.